The van der Waals surface area contributed by atoms with Gasteiger partial charge in [0.15, 0.2) is 5.13 Å². The van der Waals surface area contributed by atoms with Crippen molar-refractivity contribution >= 4 is 34.1 Å². The van der Waals surface area contributed by atoms with Gasteiger partial charge in [-0.2, -0.15) is 0 Å². The molecule has 1 heterocycles. The molecule has 1 amide bonds. The van der Waals surface area contributed by atoms with E-state index >= 15 is 0 Å². The maximum Gasteiger partial charge on any atom is 0.226 e. The summed E-state index contributed by atoms with van der Waals surface area (Å²) in [5.41, 5.74) is 1.90. The van der Waals surface area contributed by atoms with Crippen molar-refractivity contribution in [3.63, 3.8) is 0 Å². The molecule has 29 heavy (non-hydrogen) atoms. The summed E-state index contributed by atoms with van der Waals surface area (Å²) in [6, 6.07) is 15.7. The van der Waals surface area contributed by atoms with E-state index < -0.39 is 0 Å². The second-order valence-corrected chi connectivity index (χ2v) is 8.57. The zero-order chi connectivity index (χ0) is 20.6. The van der Waals surface area contributed by atoms with Crippen molar-refractivity contribution < 1.29 is 14.3 Å². The fourth-order valence-corrected chi connectivity index (χ4v) is 4.41. The predicted octanol–water partition coefficient (Wildman–Crippen LogP) is 5.65. The van der Waals surface area contributed by atoms with Crippen molar-refractivity contribution in [2.24, 2.45) is 0 Å². The zero-order valence-corrected chi connectivity index (χ0v) is 18.4. The molecule has 0 bridgehead atoms. The van der Waals surface area contributed by atoms with E-state index in [1.54, 1.807) is 18.9 Å². The standard InChI is InChI=1S/C22H24N2O3S2/c1-4-27-18-7-5-16(6-8-18)21-15(2)29-22(24-21)23-20(25)13-14-28-19-11-9-17(26-3)10-12-19/h5-12H,4,13-14H2,1-3H3,(H,23,24,25). The lowest BCUT2D eigenvalue weighted by Crippen LogP contribution is -2.11. The highest BCUT2D eigenvalue weighted by atomic mass is 32.2. The summed E-state index contributed by atoms with van der Waals surface area (Å²) >= 11 is 3.13. The maximum atomic E-state index is 12.3. The lowest BCUT2D eigenvalue weighted by atomic mass is 10.1. The van der Waals surface area contributed by atoms with E-state index in [1.165, 1.54) is 11.3 Å². The largest absolute Gasteiger partial charge is 0.497 e. The minimum Gasteiger partial charge on any atom is -0.497 e. The van der Waals surface area contributed by atoms with Crippen LogP contribution in [0.5, 0.6) is 11.5 Å². The molecule has 3 aromatic rings. The van der Waals surface area contributed by atoms with E-state index in [-0.39, 0.29) is 5.91 Å². The zero-order valence-electron chi connectivity index (χ0n) is 16.7. The number of ether oxygens (including phenoxy) is 2. The van der Waals surface area contributed by atoms with Crippen LogP contribution < -0.4 is 14.8 Å². The van der Waals surface area contributed by atoms with E-state index in [0.717, 1.165) is 32.5 Å². The van der Waals surface area contributed by atoms with Crippen LogP contribution in [-0.4, -0.2) is 30.4 Å². The molecular formula is C22H24N2O3S2. The van der Waals surface area contributed by atoms with Crippen molar-refractivity contribution in [2.75, 3.05) is 24.8 Å². The SMILES string of the molecule is CCOc1ccc(-c2nc(NC(=O)CCSc3ccc(OC)cc3)sc2C)cc1. The Labute approximate surface area is 179 Å². The highest BCUT2D eigenvalue weighted by molar-refractivity contribution is 7.99. The summed E-state index contributed by atoms with van der Waals surface area (Å²) in [5, 5.41) is 3.55. The Bertz CT molecular complexity index is 938. The average Bonchev–Trinajstić information content (AvgIpc) is 3.09. The van der Waals surface area contributed by atoms with E-state index in [0.29, 0.717) is 23.9 Å². The van der Waals surface area contributed by atoms with Crippen molar-refractivity contribution in [1.82, 2.24) is 4.98 Å². The number of aryl methyl sites for hydroxylation is 1. The number of thiazole rings is 1. The van der Waals surface area contributed by atoms with Crippen LogP contribution >= 0.6 is 23.1 Å². The van der Waals surface area contributed by atoms with Gasteiger partial charge in [0.1, 0.15) is 11.5 Å². The van der Waals surface area contributed by atoms with Crippen LogP contribution in [0.3, 0.4) is 0 Å². The Balaban J connectivity index is 1.53. The van der Waals surface area contributed by atoms with E-state index in [2.05, 4.69) is 10.3 Å². The lowest BCUT2D eigenvalue weighted by Gasteiger charge is -2.04. The molecule has 1 N–H and O–H groups in total. The number of nitrogens with zero attached hydrogens (tertiary/aromatic N) is 1. The van der Waals surface area contributed by atoms with Gasteiger partial charge >= 0.3 is 0 Å². The van der Waals surface area contributed by atoms with Gasteiger partial charge in [-0.25, -0.2) is 4.98 Å². The summed E-state index contributed by atoms with van der Waals surface area (Å²) in [6.07, 6.45) is 0.424. The number of thioether (sulfide) groups is 1. The fraction of sp³-hybridized carbons (Fsp3) is 0.273. The predicted molar refractivity (Wildman–Crippen MR) is 120 cm³/mol. The molecule has 0 unspecified atom stereocenters. The molecule has 0 saturated carbocycles. The van der Waals surface area contributed by atoms with Crippen molar-refractivity contribution in [3.05, 3.63) is 53.4 Å². The number of rotatable bonds is 9. The number of nitrogens with one attached hydrogen (secondary N) is 1. The molecule has 5 nitrogen and oxygen atoms in total. The van der Waals surface area contributed by atoms with Gasteiger partial charge in [0.2, 0.25) is 5.91 Å². The molecule has 0 radical (unpaired) electrons. The Morgan fingerprint density at radius 2 is 1.79 bits per heavy atom. The Hall–Kier alpha value is -2.51. The van der Waals surface area contributed by atoms with Crippen LogP contribution in [0, 0.1) is 6.92 Å². The van der Waals surface area contributed by atoms with Gasteiger partial charge in [0, 0.05) is 27.5 Å². The van der Waals surface area contributed by atoms with Crippen LogP contribution in [0.25, 0.3) is 11.3 Å². The van der Waals surface area contributed by atoms with Crippen LogP contribution in [0.15, 0.2) is 53.4 Å². The quantitative estimate of drug-likeness (QED) is 0.447. The van der Waals surface area contributed by atoms with Gasteiger partial charge in [-0.05, 0) is 62.4 Å². The third-order valence-corrected chi connectivity index (χ3v) is 6.04. The molecular weight excluding hydrogens is 404 g/mol. The number of carbonyl (C=O) groups is 1. The second-order valence-electron chi connectivity index (χ2n) is 6.20. The van der Waals surface area contributed by atoms with Gasteiger partial charge in [0.05, 0.1) is 19.4 Å². The number of aromatic nitrogens is 1. The van der Waals surface area contributed by atoms with Crippen LogP contribution in [0.2, 0.25) is 0 Å². The number of hydrogen-bond acceptors (Lipinski definition) is 6. The van der Waals surface area contributed by atoms with Gasteiger partial charge in [-0.3, -0.25) is 4.79 Å². The first-order chi connectivity index (χ1) is 14.1. The average molecular weight is 429 g/mol. The number of benzene rings is 2. The molecule has 2 aromatic carbocycles. The minimum absolute atomic E-state index is 0.0296. The van der Waals surface area contributed by atoms with E-state index in [4.69, 9.17) is 9.47 Å². The van der Waals surface area contributed by atoms with Crippen molar-refractivity contribution in [1.29, 1.82) is 0 Å². The normalized spacial score (nSPS) is 10.6. The molecule has 0 spiro atoms. The molecule has 3 rings (SSSR count). The first-order valence-electron chi connectivity index (χ1n) is 9.36. The number of carbonyl (C=O) groups excluding carboxylic acids is 1. The molecule has 0 fully saturated rings. The fourth-order valence-electron chi connectivity index (χ4n) is 2.71. The summed E-state index contributed by atoms with van der Waals surface area (Å²) in [6.45, 7) is 4.61. The summed E-state index contributed by atoms with van der Waals surface area (Å²) in [7, 11) is 1.65. The summed E-state index contributed by atoms with van der Waals surface area (Å²) in [5.74, 6) is 2.34. The van der Waals surface area contributed by atoms with Crippen LogP contribution in [0.4, 0.5) is 5.13 Å². The second kappa shape index (κ2) is 10.3. The third-order valence-electron chi connectivity index (χ3n) is 4.14. The van der Waals surface area contributed by atoms with Crippen molar-refractivity contribution in [2.45, 2.75) is 25.2 Å². The molecule has 0 aliphatic rings. The van der Waals surface area contributed by atoms with Crippen LogP contribution in [-0.2, 0) is 4.79 Å². The van der Waals surface area contributed by atoms with Gasteiger partial charge in [-0.1, -0.05) is 0 Å². The number of anilines is 1. The highest BCUT2D eigenvalue weighted by Gasteiger charge is 2.12. The Morgan fingerprint density at radius 1 is 1.10 bits per heavy atom. The monoisotopic (exact) mass is 428 g/mol. The molecule has 0 atom stereocenters. The topological polar surface area (TPSA) is 60.5 Å². The van der Waals surface area contributed by atoms with Crippen molar-refractivity contribution in [3.8, 4) is 22.8 Å². The number of hydrogen-bond donors (Lipinski definition) is 1. The first-order valence-corrected chi connectivity index (χ1v) is 11.2. The smallest absolute Gasteiger partial charge is 0.226 e. The van der Waals surface area contributed by atoms with E-state index in [9.17, 15) is 4.79 Å². The summed E-state index contributed by atoms with van der Waals surface area (Å²) in [4.78, 5) is 19.1. The third kappa shape index (κ3) is 5.98. The Kier molecular flexibility index (Phi) is 7.55. The summed E-state index contributed by atoms with van der Waals surface area (Å²) < 4.78 is 10.6. The molecule has 1 aromatic heterocycles. The molecule has 7 heteroatoms. The van der Waals surface area contributed by atoms with E-state index in [1.807, 2.05) is 62.4 Å². The Morgan fingerprint density at radius 3 is 2.45 bits per heavy atom. The number of amides is 1. The molecule has 0 aliphatic carbocycles. The molecule has 152 valence electrons. The van der Waals surface area contributed by atoms with Gasteiger partial charge in [-0.15, -0.1) is 23.1 Å². The van der Waals surface area contributed by atoms with Gasteiger partial charge < -0.3 is 14.8 Å². The molecule has 0 aliphatic heterocycles. The lowest BCUT2D eigenvalue weighted by molar-refractivity contribution is -0.115. The van der Waals surface area contributed by atoms with Crippen LogP contribution in [0.1, 0.15) is 18.2 Å². The minimum atomic E-state index is -0.0296. The molecule has 0 saturated heterocycles. The van der Waals surface area contributed by atoms with Gasteiger partial charge in [0.25, 0.3) is 0 Å². The highest BCUT2D eigenvalue weighted by Crippen LogP contribution is 2.31. The maximum absolute atomic E-state index is 12.3. The number of methoxy groups -OCH3 is 1. The first kappa shape index (κ1) is 21.2.